The van der Waals surface area contributed by atoms with E-state index in [4.69, 9.17) is 17.0 Å². The van der Waals surface area contributed by atoms with Crippen molar-refractivity contribution in [3.63, 3.8) is 0 Å². The molecular formula is C22H17FN2O2S. The number of amides is 1. The van der Waals surface area contributed by atoms with Crippen LogP contribution in [0.5, 0.6) is 11.5 Å². The fourth-order valence-corrected chi connectivity index (χ4v) is 3.61. The molecule has 0 aromatic heterocycles. The lowest BCUT2D eigenvalue weighted by Gasteiger charge is -2.22. The summed E-state index contributed by atoms with van der Waals surface area (Å²) in [6.45, 7) is 1.78. The molecule has 0 aliphatic carbocycles. The van der Waals surface area contributed by atoms with Crippen LogP contribution in [0.2, 0.25) is 0 Å². The lowest BCUT2D eigenvalue weighted by Crippen LogP contribution is -2.33. The van der Waals surface area contributed by atoms with E-state index in [0.717, 1.165) is 11.4 Å². The van der Waals surface area contributed by atoms with Crippen molar-refractivity contribution in [2.45, 2.75) is 13.0 Å². The van der Waals surface area contributed by atoms with Gasteiger partial charge >= 0.3 is 0 Å². The smallest absolute Gasteiger partial charge is 0.256 e. The van der Waals surface area contributed by atoms with E-state index in [2.05, 4.69) is 0 Å². The van der Waals surface area contributed by atoms with Gasteiger partial charge in [-0.3, -0.25) is 9.69 Å². The van der Waals surface area contributed by atoms with Gasteiger partial charge in [-0.25, -0.2) is 4.39 Å². The van der Waals surface area contributed by atoms with Crippen molar-refractivity contribution in [2.24, 2.45) is 0 Å². The Kier molecular flexibility index (Phi) is 4.79. The Morgan fingerprint density at radius 1 is 0.893 bits per heavy atom. The maximum atomic E-state index is 13.6. The van der Waals surface area contributed by atoms with Gasteiger partial charge in [-0.2, -0.15) is 0 Å². The molecule has 0 spiro atoms. The van der Waals surface area contributed by atoms with Crippen LogP contribution in [0.15, 0.2) is 78.9 Å². The summed E-state index contributed by atoms with van der Waals surface area (Å²) >= 11 is 5.54. The highest BCUT2D eigenvalue weighted by Gasteiger charge is 2.41. The van der Waals surface area contributed by atoms with Gasteiger partial charge in [0.2, 0.25) is 0 Å². The van der Waals surface area contributed by atoms with Crippen LogP contribution in [0.4, 0.5) is 15.8 Å². The highest BCUT2D eigenvalue weighted by molar-refractivity contribution is 7.81. The highest BCUT2D eigenvalue weighted by atomic mass is 32.1. The minimum absolute atomic E-state index is 0.194. The van der Waals surface area contributed by atoms with Gasteiger partial charge in [-0.05, 0) is 73.7 Å². The molecule has 4 rings (SSSR count). The standard InChI is InChI=1S/C22H17FN2O2S/c1-15-21(26)25(18-7-5-6-16(23)14-18)22(28)24(15)17-10-12-20(13-11-17)27-19-8-3-2-4-9-19/h2-15H,1H3. The van der Waals surface area contributed by atoms with Crippen LogP contribution < -0.4 is 14.5 Å². The van der Waals surface area contributed by atoms with E-state index < -0.39 is 11.9 Å². The van der Waals surface area contributed by atoms with Gasteiger partial charge in [0.15, 0.2) is 5.11 Å². The summed E-state index contributed by atoms with van der Waals surface area (Å²) in [5.41, 5.74) is 1.19. The molecule has 3 aromatic rings. The molecular weight excluding hydrogens is 375 g/mol. The molecule has 3 aromatic carbocycles. The molecule has 1 aliphatic heterocycles. The molecule has 140 valence electrons. The Hall–Kier alpha value is -3.25. The first kappa shape index (κ1) is 18.1. The summed E-state index contributed by atoms with van der Waals surface area (Å²) in [6.07, 6.45) is 0. The third-order valence-corrected chi connectivity index (χ3v) is 4.90. The zero-order valence-electron chi connectivity index (χ0n) is 15.1. The van der Waals surface area contributed by atoms with Crippen LogP contribution >= 0.6 is 12.2 Å². The monoisotopic (exact) mass is 392 g/mol. The zero-order valence-corrected chi connectivity index (χ0v) is 15.9. The zero-order chi connectivity index (χ0) is 19.7. The molecule has 4 nitrogen and oxygen atoms in total. The molecule has 1 saturated heterocycles. The molecule has 1 aliphatic rings. The molecule has 1 amide bonds. The van der Waals surface area contributed by atoms with Crippen molar-refractivity contribution in [1.29, 1.82) is 0 Å². The van der Waals surface area contributed by atoms with Crippen molar-refractivity contribution < 1.29 is 13.9 Å². The van der Waals surface area contributed by atoms with Crippen molar-refractivity contribution in [3.05, 3.63) is 84.7 Å². The third-order valence-electron chi connectivity index (χ3n) is 4.52. The largest absolute Gasteiger partial charge is 0.457 e. The number of hydrogen-bond donors (Lipinski definition) is 0. The molecule has 0 N–H and O–H groups in total. The first-order valence-corrected chi connectivity index (χ1v) is 9.21. The topological polar surface area (TPSA) is 32.8 Å². The number of ether oxygens (including phenoxy) is 1. The molecule has 1 atom stereocenters. The Morgan fingerprint density at radius 2 is 1.57 bits per heavy atom. The normalized spacial score (nSPS) is 16.6. The maximum absolute atomic E-state index is 13.6. The van der Waals surface area contributed by atoms with E-state index in [1.54, 1.807) is 24.0 Å². The molecule has 1 unspecified atom stereocenters. The van der Waals surface area contributed by atoms with Gasteiger partial charge in [-0.1, -0.05) is 24.3 Å². The van der Waals surface area contributed by atoms with Crippen molar-refractivity contribution >= 4 is 34.6 Å². The van der Waals surface area contributed by atoms with Gasteiger partial charge in [0.1, 0.15) is 23.4 Å². The number of carbonyl (C=O) groups excluding carboxylic acids is 1. The Morgan fingerprint density at radius 3 is 2.25 bits per heavy atom. The van der Waals surface area contributed by atoms with Crippen molar-refractivity contribution in [2.75, 3.05) is 9.80 Å². The molecule has 0 saturated carbocycles. The quantitative estimate of drug-likeness (QED) is 0.575. The summed E-state index contributed by atoms with van der Waals surface area (Å²) in [4.78, 5) is 15.9. The van der Waals surface area contributed by atoms with Gasteiger partial charge in [0, 0.05) is 5.69 Å². The molecule has 1 fully saturated rings. The van der Waals surface area contributed by atoms with E-state index in [1.807, 2.05) is 54.6 Å². The van der Waals surface area contributed by atoms with Crippen LogP contribution in [-0.2, 0) is 4.79 Å². The highest BCUT2D eigenvalue weighted by Crippen LogP contribution is 2.32. The Bertz CT molecular complexity index is 1020. The lowest BCUT2D eigenvalue weighted by atomic mass is 10.2. The van der Waals surface area contributed by atoms with Crippen LogP contribution in [0.1, 0.15) is 6.92 Å². The Labute approximate surface area is 167 Å². The lowest BCUT2D eigenvalue weighted by molar-refractivity contribution is -0.117. The molecule has 1 heterocycles. The number of carbonyl (C=O) groups is 1. The van der Waals surface area contributed by atoms with Crippen LogP contribution in [-0.4, -0.2) is 17.1 Å². The van der Waals surface area contributed by atoms with E-state index >= 15 is 0 Å². The number of thiocarbonyl (C=S) groups is 1. The number of para-hydroxylation sites is 1. The second-order valence-electron chi connectivity index (χ2n) is 6.39. The van der Waals surface area contributed by atoms with E-state index in [1.165, 1.54) is 17.0 Å². The van der Waals surface area contributed by atoms with Gasteiger partial charge in [0.05, 0.1) is 5.69 Å². The molecule has 28 heavy (non-hydrogen) atoms. The van der Waals surface area contributed by atoms with Crippen LogP contribution in [0, 0.1) is 5.82 Å². The number of halogens is 1. The molecule has 6 heteroatoms. The first-order chi connectivity index (χ1) is 13.5. The van der Waals surface area contributed by atoms with Crippen molar-refractivity contribution in [1.82, 2.24) is 0 Å². The SMILES string of the molecule is CC1C(=O)N(c2cccc(F)c2)C(=S)N1c1ccc(Oc2ccccc2)cc1. The summed E-state index contributed by atoms with van der Waals surface area (Å²) < 4.78 is 19.4. The predicted octanol–water partition coefficient (Wildman–Crippen LogP) is 5.14. The van der Waals surface area contributed by atoms with Gasteiger partial charge in [-0.15, -0.1) is 0 Å². The summed E-state index contributed by atoms with van der Waals surface area (Å²) in [6, 6.07) is 22.2. The van der Waals surface area contributed by atoms with E-state index in [9.17, 15) is 9.18 Å². The van der Waals surface area contributed by atoms with Crippen LogP contribution in [0.25, 0.3) is 0 Å². The second-order valence-corrected chi connectivity index (χ2v) is 6.76. The molecule has 0 radical (unpaired) electrons. The first-order valence-electron chi connectivity index (χ1n) is 8.80. The minimum atomic E-state index is -0.489. The fourth-order valence-electron chi connectivity index (χ4n) is 3.15. The fraction of sp³-hybridized carbons (Fsp3) is 0.0909. The number of rotatable bonds is 4. The summed E-state index contributed by atoms with van der Waals surface area (Å²) in [5.74, 6) is 0.815. The summed E-state index contributed by atoms with van der Waals surface area (Å²) in [7, 11) is 0. The van der Waals surface area contributed by atoms with E-state index in [-0.39, 0.29) is 5.91 Å². The number of anilines is 2. The third kappa shape index (κ3) is 3.34. The van der Waals surface area contributed by atoms with E-state index in [0.29, 0.717) is 16.5 Å². The minimum Gasteiger partial charge on any atom is -0.457 e. The second kappa shape index (κ2) is 7.40. The number of nitrogens with zero attached hydrogens (tertiary/aromatic N) is 2. The number of benzene rings is 3. The average Bonchev–Trinajstić information content (AvgIpc) is 2.92. The summed E-state index contributed by atoms with van der Waals surface area (Å²) in [5, 5.41) is 0.319. The average molecular weight is 392 g/mol. The predicted molar refractivity (Wildman–Crippen MR) is 111 cm³/mol. The molecule has 0 bridgehead atoms. The maximum Gasteiger partial charge on any atom is 0.256 e. The Balaban J connectivity index is 1.58. The van der Waals surface area contributed by atoms with Crippen LogP contribution in [0.3, 0.4) is 0 Å². The van der Waals surface area contributed by atoms with Gasteiger partial charge in [0.25, 0.3) is 5.91 Å². The number of hydrogen-bond acceptors (Lipinski definition) is 3. The van der Waals surface area contributed by atoms with Gasteiger partial charge < -0.3 is 9.64 Å². The van der Waals surface area contributed by atoms with Crippen molar-refractivity contribution in [3.8, 4) is 11.5 Å².